The predicted molar refractivity (Wildman–Crippen MR) is 52.3 cm³/mol. The fourth-order valence-electron chi connectivity index (χ4n) is 1.29. The number of methoxy groups -OCH3 is 1. The Labute approximate surface area is 82.7 Å². The van der Waals surface area contributed by atoms with Crippen LogP contribution in [0.2, 0.25) is 0 Å². The van der Waals surface area contributed by atoms with Crippen molar-refractivity contribution >= 4 is 12.3 Å². The van der Waals surface area contributed by atoms with Crippen LogP contribution in [0.3, 0.4) is 0 Å². The van der Waals surface area contributed by atoms with Crippen LogP contribution in [0, 0.1) is 6.92 Å². The fraction of sp³-hybridized carbons (Fsp3) is 0.273. The van der Waals surface area contributed by atoms with E-state index in [2.05, 4.69) is 4.74 Å². The smallest absolute Gasteiger partial charge is 0.338 e. The first-order chi connectivity index (χ1) is 6.69. The predicted octanol–water partition coefficient (Wildman–Crippen LogP) is 1.52. The zero-order chi connectivity index (χ0) is 10.6. The molecule has 1 aromatic carbocycles. The monoisotopic (exact) mass is 192 g/mol. The summed E-state index contributed by atoms with van der Waals surface area (Å²) >= 11 is 0. The highest BCUT2D eigenvalue weighted by atomic mass is 16.5. The Balaban J connectivity index is 3.00. The van der Waals surface area contributed by atoms with Crippen molar-refractivity contribution in [1.29, 1.82) is 0 Å². The molecule has 0 saturated heterocycles. The number of benzene rings is 1. The van der Waals surface area contributed by atoms with Crippen LogP contribution in [0.4, 0.5) is 0 Å². The van der Waals surface area contributed by atoms with Gasteiger partial charge in [0.1, 0.15) is 6.29 Å². The van der Waals surface area contributed by atoms with Crippen molar-refractivity contribution in [3.8, 4) is 0 Å². The first-order valence-electron chi connectivity index (χ1n) is 4.30. The van der Waals surface area contributed by atoms with E-state index in [1.54, 1.807) is 12.1 Å². The molecule has 0 aliphatic rings. The van der Waals surface area contributed by atoms with Crippen molar-refractivity contribution in [2.45, 2.75) is 13.3 Å². The van der Waals surface area contributed by atoms with Gasteiger partial charge in [0, 0.05) is 6.42 Å². The molecule has 0 radical (unpaired) electrons. The van der Waals surface area contributed by atoms with Gasteiger partial charge in [0.05, 0.1) is 12.7 Å². The first-order valence-corrected chi connectivity index (χ1v) is 4.30. The summed E-state index contributed by atoms with van der Waals surface area (Å²) in [5.74, 6) is -0.347. The minimum atomic E-state index is -0.347. The van der Waals surface area contributed by atoms with Gasteiger partial charge < -0.3 is 9.53 Å². The Morgan fingerprint density at radius 3 is 2.71 bits per heavy atom. The summed E-state index contributed by atoms with van der Waals surface area (Å²) in [5.41, 5.74) is 2.28. The topological polar surface area (TPSA) is 43.4 Å². The summed E-state index contributed by atoms with van der Waals surface area (Å²) in [6, 6.07) is 5.26. The van der Waals surface area contributed by atoms with Crippen molar-refractivity contribution in [1.82, 2.24) is 0 Å². The molecule has 74 valence electrons. The number of esters is 1. The summed E-state index contributed by atoms with van der Waals surface area (Å²) in [7, 11) is 1.35. The van der Waals surface area contributed by atoms with Gasteiger partial charge in [-0.2, -0.15) is 0 Å². The summed E-state index contributed by atoms with van der Waals surface area (Å²) in [6.07, 6.45) is 1.22. The van der Waals surface area contributed by atoms with Gasteiger partial charge in [-0.3, -0.25) is 0 Å². The third-order valence-electron chi connectivity index (χ3n) is 2.02. The van der Waals surface area contributed by atoms with Crippen molar-refractivity contribution in [2.75, 3.05) is 7.11 Å². The number of rotatable bonds is 3. The molecule has 0 aliphatic heterocycles. The molecule has 1 rings (SSSR count). The molecule has 0 saturated carbocycles. The molecular weight excluding hydrogens is 180 g/mol. The Kier molecular flexibility index (Phi) is 3.40. The van der Waals surface area contributed by atoms with Gasteiger partial charge in [-0.15, -0.1) is 0 Å². The van der Waals surface area contributed by atoms with Gasteiger partial charge in [0.25, 0.3) is 0 Å². The summed E-state index contributed by atoms with van der Waals surface area (Å²) < 4.78 is 4.61. The van der Waals surface area contributed by atoms with Crippen molar-refractivity contribution in [3.05, 3.63) is 34.9 Å². The third kappa shape index (κ3) is 2.19. The van der Waals surface area contributed by atoms with Gasteiger partial charge >= 0.3 is 5.97 Å². The Morgan fingerprint density at radius 1 is 1.50 bits per heavy atom. The van der Waals surface area contributed by atoms with E-state index in [0.717, 1.165) is 17.4 Å². The Hall–Kier alpha value is -1.64. The molecule has 0 N–H and O–H groups in total. The summed E-state index contributed by atoms with van der Waals surface area (Å²) in [4.78, 5) is 21.5. The van der Waals surface area contributed by atoms with Crippen LogP contribution in [0.15, 0.2) is 18.2 Å². The van der Waals surface area contributed by atoms with Gasteiger partial charge in [-0.05, 0) is 24.1 Å². The van der Waals surface area contributed by atoms with Crippen molar-refractivity contribution < 1.29 is 14.3 Å². The van der Waals surface area contributed by atoms with Gasteiger partial charge in [0.15, 0.2) is 0 Å². The van der Waals surface area contributed by atoms with Crippen LogP contribution in [-0.4, -0.2) is 19.4 Å². The van der Waals surface area contributed by atoms with E-state index in [9.17, 15) is 9.59 Å². The lowest BCUT2D eigenvalue weighted by Crippen LogP contribution is -2.04. The molecule has 0 atom stereocenters. The zero-order valence-corrected chi connectivity index (χ0v) is 8.24. The zero-order valence-electron chi connectivity index (χ0n) is 8.24. The second kappa shape index (κ2) is 4.56. The highest BCUT2D eigenvalue weighted by Gasteiger charge is 2.08. The minimum absolute atomic E-state index is 0.347. The maximum absolute atomic E-state index is 11.2. The highest BCUT2D eigenvalue weighted by Crippen LogP contribution is 2.12. The molecule has 3 nitrogen and oxygen atoms in total. The number of hydrogen-bond acceptors (Lipinski definition) is 3. The van der Waals surface area contributed by atoms with Crippen molar-refractivity contribution in [2.24, 2.45) is 0 Å². The molecule has 0 bridgehead atoms. The largest absolute Gasteiger partial charge is 0.465 e. The van der Waals surface area contributed by atoms with E-state index in [1.165, 1.54) is 7.11 Å². The van der Waals surface area contributed by atoms with Gasteiger partial charge in [0.2, 0.25) is 0 Å². The molecule has 0 amide bonds. The number of aldehydes is 1. The summed E-state index contributed by atoms with van der Waals surface area (Å²) in [6.45, 7) is 1.82. The summed E-state index contributed by atoms with van der Waals surface area (Å²) in [5, 5.41) is 0. The number of ether oxygens (including phenoxy) is 1. The fourth-order valence-corrected chi connectivity index (χ4v) is 1.29. The highest BCUT2D eigenvalue weighted by molar-refractivity contribution is 5.91. The van der Waals surface area contributed by atoms with Crippen LogP contribution >= 0.6 is 0 Å². The second-order valence-corrected chi connectivity index (χ2v) is 3.01. The lowest BCUT2D eigenvalue weighted by molar-refractivity contribution is -0.107. The maximum Gasteiger partial charge on any atom is 0.338 e. The average Bonchev–Trinajstić information content (AvgIpc) is 2.17. The molecule has 0 aromatic heterocycles. The average molecular weight is 192 g/mol. The molecule has 14 heavy (non-hydrogen) atoms. The van der Waals surface area contributed by atoms with E-state index in [1.807, 2.05) is 13.0 Å². The number of hydrogen-bond donors (Lipinski definition) is 0. The van der Waals surface area contributed by atoms with Crippen LogP contribution < -0.4 is 0 Å². The standard InChI is InChI=1S/C11H12O3/c1-8-7-9(5-6-12)3-4-10(8)11(13)14-2/h3-4,6-7H,5H2,1-2H3. The number of aryl methyl sites for hydroxylation is 1. The van der Waals surface area contributed by atoms with E-state index in [0.29, 0.717) is 12.0 Å². The third-order valence-corrected chi connectivity index (χ3v) is 2.02. The second-order valence-electron chi connectivity index (χ2n) is 3.01. The first kappa shape index (κ1) is 10.4. The lowest BCUT2D eigenvalue weighted by Gasteiger charge is -2.04. The molecule has 0 spiro atoms. The van der Waals surface area contributed by atoms with Crippen LogP contribution in [0.25, 0.3) is 0 Å². The normalized spacial score (nSPS) is 9.57. The van der Waals surface area contributed by atoms with E-state index in [4.69, 9.17) is 0 Å². The van der Waals surface area contributed by atoms with E-state index < -0.39 is 0 Å². The maximum atomic E-state index is 11.2. The molecule has 0 aliphatic carbocycles. The Morgan fingerprint density at radius 2 is 2.21 bits per heavy atom. The molecule has 0 unspecified atom stereocenters. The van der Waals surface area contributed by atoms with E-state index in [-0.39, 0.29) is 5.97 Å². The molecule has 1 aromatic rings. The quantitative estimate of drug-likeness (QED) is 0.538. The van der Waals surface area contributed by atoms with E-state index >= 15 is 0 Å². The number of carbonyl (C=O) groups excluding carboxylic acids is 2. The van der Waals surface area contributed by atoms with Crippen LogP contribution in [0.5, 0.6) is 0 Å². The molecule has 0 heterocycles. The van der Waals surface area contributed by atoms with Gasteiger partial charge in [-0.1, -0.05) is 12.1 Å². The van der Waals surface area contributed by atoms with Crippen LogP contribution in [-0.2, 0) is 16.0 Å². The molecular formula is C11H12O3. The minimum Gasteiger partial charge on any atom is -0.465 e. The van der Waals surface area contributed by atoms with Crippen molar-refractivity contribution in [3.63, 3.8) is 0 Å². The lowest BCUT2D eigenvalue weighted by atomic mass is 10.0. The Bertz CT molecular complexity index is 356. The number of carbonyl (C=O) groups is 2. The van der Waals surface area contributed by atoms with Gasteiger partial charge in [-0.25, -0.2) is 4.79 Å². The van der Waals surface area contributed by atoms with Crippen LogP contribution in [0.1, 0.15) is 21.5 Å². The SMILES string of the molecule is COC(=O)c1ccc(CC=O)cc1C. The molecule has 0 fully saturated rings. The molecule has 3 heteroatoms.